The molecule has 19 heavy (non-hydrogen) atoms. The summed E-state index contributed by atoms with van der Waals surface area (Å²) < 4.78 is 26.2. The average molecular weight is 278 g/mol. The van der Waals surface area contributed by atoms with Crippen molar-refractivity contribution in [2.45, 2.75) is 4.90 Å². The monoisotopic (exact) mass is 278 g/mol. The zero-order valence-corrected chi connectivity index (χ0v) is 11.1. The first kappa shape index (κ1) is 13.3. The van der Waals surface area contributed by atoms with Gasteiger partial charge >= 0.3 is 0 Å². The summed E-state index contributed by atoms with van der Waals surface area (Å²) >= 11 is 0. The Morgan fingerprint density at radius 2 is 1.89 bits per heavy atom. The van der Waals surface area contributed by atoms with Crippen LogP contribution in [0.4, 0.5) is 11.4 Å². The number of aromatic nitrogens is 1. The molecule has 1 aromatic carbocycles. The fraction of sp³-hybridized carbons (Fsp3) is 0.0833. The van der Waals surface area contributed by atoms with E-state index >= 15 is 0 Å². The Hall–Kier alpha value is -2.12. The van der Waals surface area contributed by atoms with E-state index in [2.05, 4.69) is 10.4 Å². The van der Waals surface area contributed by atoms with Crippen molar-refractivity contribution in [3.05, 3.63) is 48.8 Å². The van der Waals surface area contributed by atoms with Crippen molar-refractivity contribution in [1.29, 1.82) is 0 Å². The SMILES string of the molecule is CN(c1ccccc1)S(=O)(=O)c1cnccc1NN. The zero-order chi connectivity index (χ0) is 13.9. The van der Waals surface area contributed by atoms with Gasteiger partial charge < -0.3 is 5.43 Å². The summed E-state index contributed by atoms with van der Waals surface area (Å²) in [5.74, 6) is 5.33. The summed E-state index contributed by atoms with van der Waals surface area (Å²) in [6, 6.07) is 10.3. The number of hydrogen-bond donors (Lipinski definition) is 2. The van der Waals surface area contributed by atoms with Gasteiger partial charge in [0.1, 0.15) is 4.90 Å². The van der Waals surface area contributed by atoms with Crippen molar-refractivity contribution < 1.29 is 8.42 Å². The number of nitrogens with zero attached hydrogens (tertiary/aromatic N) is 2. The number of rotatable bonds is 4. The highest BCUT2D eigenvalue weighted by atomic mass is 32.2. The summed E-state index contributed by atoms with van der Waals surface area (Å²) in [6.45, 7) is 0. The van der Waals surface area contributed by atoms with Gasteiger partial charge in [0.15, 0.2) is 0 Å². The van der Waals surface area contributed by atoms with E-state index in [0.717, 1.165) is 0 Å². The van der Waals surface area contributed by atoms with E-state index in [1.807, 2.05) is 6.07 Å². The number of para-hydroxylation sites is 1. The second-order valence-electron chi connectivity index (χ2n) is 3.82. The van der Waals surface area contributed by atoms with Crippen LogP contribution in [0.15, 0.2) is 53.7 Å². The van der Waals surface area contributed by atoms with Crippen LogP contribution in [0.1, 0.15) is 0 Å². The number of hydrazine groups is 1. The highest BCUT2D eigenvalue weighted by Crippen LogP contribution is 2.25. The Bertz CT molecular complexity index is 658. The van der Waals surface area contributed by atoms with Gasteiger partial charge in [-0.05, 0) is 18.2 Å². The number of anilines is 2. The smallest absolute Gasteiger partial charge is 0.267 e. The molecule has 0 radical (unpaired) electrons. The second kappa shape index (κ2) is 5.25. The number of benzene rings is 1. The van der Waals surface area contributed by atoms with Crippen LogP contribution < -0.4 is 15.6 Å². The average Bonchev–Trinajstić information content (AvgIpc) is 2.47. The molecule has 2 aromatic rings. The van der Waals surface area contributed by atoms with Crippen LogP contribution in [0.25, 0.3) is 0 Å². The Labute approximate surface area is 111 Å². The third-order valence-corrected chi connectivity index (χ3v) is 4.51. The van der Waals surface area contributed by atoms with E-state index in [1.165, 1.54) is 29.8 Å². The van der Waals surface area contributed by atoms with Gasteiger partial charge in [0.25, 0.3) is 10.0 Å². The number of nitrogens with one attached hydrogen (secondary N) is 1. The maximum Gasteiger partial charge on any atom is 0.267 e. The van der Waals surface area contributed by atoms with Crippen LogP contribution in [0.2, 0.25) is 0 Å². The Morgan fingerprint density at radius 3 is 2.53 bits per heavy atom. The molecule has 6 nitrogen and oxygen atoms in total. The molecule has 1 aromatic heterocycles. The summed E-state index contributed by atoms with van der Waals surface area (Å²) in [5.41, 5.74) is 3.23. The van der Waals surface area contributed by atoms with E-state index in [0.29, 0.717) is 11.4 Å². The Kier molecular flexibility index (Phi) is 3.68. The molecule has 7 heteroatoms. The fourth-order valence-corrected chi connectivity index (χ4v) is 2.92. The van der Waals surface area contributed by atoms with Gasteiger partial charge in [-0.25, -0.2) is 8.42 Å². The second-order valence-corrected chi connectivity index (χ2v) is 5.76. The molecule has 1 heterocycles. The molecule has 0 atom stereocenters. The van der Waals surface area contributed by atoms with Crippen LogP contribution in [-0.4, -0.2) is 20.4 Å². The molecule has 0 aliphatic carbocycles. The summed E-state index contributed by atoms with van der Waals surface area (Å²) in [5, 5.41) is 0. The predicted octanol–water partition coefficient (Wildman–Crippen LogP) is 1.19. The number of hydrogen-bond acceptors (Lipinski definition) is 5. The van der Waals surface area contributed by atoms with Crippen LogP contribution in [0, 0.1) is 0 Å². The molecule has 0 spiro atoms. The summed E-state index contributed by atoms with van der Waals surface area (Å²) in [4.78, 5) is 3.87. The molecular weight excluding hydrogens is 264 g/mol. The quantitative estimate of drug-likeness (QED) is 0.648. The molecule has 3 N–H and O–H groups in total. The largest absolute Gasteiger partial charge is 0.323 e. The molecule has 0 saturated carbocycles. The Morgan fingerprint density at radius 1 is 1.21 bits per heavy atom. The van der Waals surface area contributed by atoms with Gasteiger partial charge in [-0.15, -0.1) is 0 Å². The molecule has 100 valence electrons. The molecule has 0 amide bonds. The first-order valence-electron chi connectivity index (χ1n) is 5.52. The Balaban J connectivity index is 2.48. The van der Waals surface area contributed by atoms with Crippen LogP contribution in [0.5, 0.6) is 0 Å². The van der Waals surface area contributed by atoms with Crippen molar-refractivity contribution in [3.63, 3.8) is 0 Å². The summed E-state index contributed by atoms with van der Waals surface area (Å²) in [7, 11) is -2.22. The first-order chi connectivity index (χ1) is 9.07. The molecule has 0 saturated heterocycles. The van der Waals surface area contributed by atoms with Crippen molar-refractivity contribution in [2.75, 3.05) is 16.8 Å². The zero-order valence-electron chi connectivity index (χ0n) is 10.3. The van der Waals surface area contributed by atoms with Crippen molar-refractivity contribution >= 4 is 21.4 Å². The molecule has 2 rings (SSSR count). The van der Waals surface area contributed by atoms with Gasteiger partial charge in [-0.3, -0.25) is 15.1 Å². The van der Waals surface area contributed by atoms with E-state index in [-0.39, 0.29) is 4.90 Å². The van der Waals surface area contributed by atoms with Gasteiger partial charge in [-0.1, -0.05) is 18.2 Å². The van der Waals surface area contributed by atoms with Crippen molar-refractivity contribution in [2.24, 2.45) is 5.84 Å². The molecular formula is C12H14N4O2S. The minimum absolute atomic E-state index is 0.0313. The molecule has 0 aliphatic heterocycles. The topological polar surface area (TPSA) is 88.3 Å². The van der Waals surface area contributed by atoms with Crippen LogP contribution in [-0.2, 0) is 10.0 Å². The maximum atomic E-state index is 12.5. The highest BCUT2D eigenvalue weighted by molar-refractivity contribution is 7.93. The third kappa shape index (κ3) is 2.51. The number of pyridine rings is 1. The van der Waals surface area contributed by atoms with E-state index in [4.69, 9.17) is 5.84 Å². The number of nitrogens with two attached hydrogens (primary N) is 1. The van der Waals surface area contributed by atoms with Gasteiger partial charge in [0.05, 0.1) is 11.4 Å². The predicted molar refractivity (Wildman–Crippen MR) is 74.1 cm³/mol. The lowest BCUT2D eigenvalue weighted by atomic mass is 10.3. The molecule has 0 unspecified atom stereocenters. The minimum Gasteiger partial charge on any atom is -0.323 e. The van der Waals surface area contributed by atoms with Gasteiger partial charge in [0.2, 0.25) is 0 Å². The standard InChI is InChI=1S/C12H14N4O2S/c1-16(10-5-3-2-4-6-10)19(17,18)12-9-14-8-7-11(12)15-13/h2-9H,13H2,1H3,(H,14,15). The number of sulfonamides is 1. The van der Waals surface area contributed by atoms with Crippen LogP contribution in [0.3, 0.4) is 0 Å². The van der Waals surface area contributed by atoms with Crippen molar-refractivity contribution in [3.8, 4) is 0 Å². The lowest BCUT2D eigenvalue weighted by Gasteiger charge is -2.20. The highest BCUT2D eigenvalue weighted by Gasteiger charge is 2.24. The third-order valence-electron chi connectivity index (χ3n) is 2.70. The normalized spacial score (nSPS) is 11.1. The molecule has 0 bridgehead atoms. The lowest BCUT2D eigenvalue weighted by Crippen LogP contribution is -2.28. The molecule has 0 aliphatic rings. The fourth-order valence-electron chi connectivity index (χ4n) is 1.63. The van der Waals surface area contributed by atoms with Crippen LogP contribution >= 0.6 is 0 Å². The molecule has 0 fully saturated rings. The lowest BCUT2D eigenvalue weighted by molar-refractivity contribution is 0.594. The van der Waals surface area contributed by atoms with Crippen molar-refractivity contribution in [1.82, 2.24) is 4.98 Å². The van der Waals surface area contributed by atoms with E-state index < -0.39 is 10.0 Å². The van der Waals surface area contributed by atoms with Gasteiger partial charge in [-0.2, -0.15) is 0 Å². The summed E-state index contributed by atoms with van der Waals surface area (Å²) in [6.07, 6.45) is 2.74. The minimum atomic E-state index is -3.71. The maximum absolute atomic E-state index is 12.5. The van der Waals surface area contributed by atoms with E-state index in [1.54, 1.807) is 24.3 Å². The van der Waals surface area contributed by atoms with E-state index in [9.17, 15) is 8.42 Å². The number of nitrogen functional groups attached to an aromatic ring is 1. The van der Waals surface area contributed by atoms with Gasteiger partial charge in [0, 0.05) is 19.4 Å². The first-order valence-corrected chi connectivity index (χ1v) is 6.96.